The van der Waals surface area contributed by atoms with Crippen LogP contribution in [0.2, 0.25) is 0 Å². The first-order valence-electron chi connectivity index (χ1n) is 12.7. The lowest BCUT2D eigenvalue weighted by Crippen LogP contribution is -2.48. The van der Waals surface area contributed by atoms with Crippen LogP contribution in [0.1, 0.15) is 96.7 Å². The van der Waals surface area contributed by atoms with Crippen LogP contribution in [0, 0.1) is 6.92 Å². The van der Waals surface area contributed by atoms with Crippen molar-refractivity contribution in [2.75, 3.05) is 19.6 Å². The Labute approximate surface area is 206 Å². The van der Waals surface area contributed by atoms with Gasteiger partial charge in [-0.2, -0.15) is 0 Å². The molecule has 0 spiro atoms. The number of hydrogen-bond donors (Lipinski definition) is 2. The Bertz CT molecular complexity index is 773. The maximum atomic E-state index is 13.3. The lowest BCUT2D eigenvalue weighted by Gasteiger charge is -2.32. The molecular formula is C27H45N3O4. The van der Waals surface area contributed by atoms with Gasteiger partial charge in [0.25, 0.3) is 0 Å². The van der Waals surface area contributed by atoms with Crippen molar-refractivity contribution < 1.29 is 19.1 Å². The van der Waals surface area contributed by atoms with Crippen molar-refractivity contribution in [1.29, 1.82) is 0 Å². The second kappa shape index (κ2) is 15.4. The number of ether oxygens (including phenoxy) is 1. The molecule has 0 aliphatic carbocycles. The van der Waals surface area contributed by atoms with E-state index in [1.807, 2.05) is 31.2 Å². The van der Waals surface area contributed by atoms with Gasteiger partial charge in [0.2, 0.25) is 11.8 Å². The minimum Gasteiger partial charge on any atom is -0.444 e. The van der Waals surface area contributed by atoms with Crippen LogP contribution in [-0.2, 0) is 14.3 Å². The molecule has 1 aromatic carbocycles. The number of hydrogen-bond acceptors (Lipinski definition) is 4. The average molecular weight is 476 g/mol. The number of rotatable bonds is 14. The Kier molecular flexibility index (Phi) is 13.3. The number of benzene rings is 1. The van der Waals surface area contributed by atoms with Crippen molar-refractivity contribution >= 4 is 17.9 Å². The van der Waals surface area contributed by atoms with Gasteiger partial charge in [-0.25, -0.2) is 4.79 Å². The van der Waals surface area contributed by atoms with E-state index < -0.39 is 17.7 Å². The SMILES string of the molecule is CCCCCCCN(C(=O)CNC(=O)OC(C)(C)C)C(C(=O)NCCCC)c1cccc(C)c1. The van der Waals surface area contributed by atoms with Crippen LogP contribution >= 0.6 is 0 Å². The fourth-order valence-corrected chi connectivity index (χ4v) is 3.65. The highest BCUT2D eigenvalue weighted by atomic mass is 16.6. The Morgan fingerprint density at radius 2 is 1.65 bits per heavy atom. The Morgan fingerprint density at radius 3 is 2.26 bits per heavy atom. The second-order valence-electron chi connectivity index (χ2n) is 9.82. The molecular weight excluding hydrogens is 430 g/mol. The van der Waals surface area contributed by atoms with Crippen molar-refractivity contribution in [2.45, 2.75) is 98.1 Å². The lowest BCUT2D eigenvalue weighted by atomic mass is 10.0. The third-order valence-corrected chi connectivity index (χ3v) is 5.35. The van der Waals surface area contributed by atoms with Gasteiger partial charge in [-0.05, 0) is 46.1 Å². The summed E-state index contributed by atoms with van der Waals surface area (Å²) < 4.78 is 5.27. The molecule has 0 aliphatic heterocycles. The molecule has 0 saturated carbocycles. The van der Waals surface area contributed by atoms with E-state index in [4.69, 9.17) is 4.74 Å². The largest absolute Gasteiger partial charge is 0.444 e. The third-order valence-electron chi connectivity index (χ3n) is 5.35. The van der Waals surface area contributed by atoms with Crippen molar-refractivity contribution in [3.63, 3.8) is 0 Å². The topological polar surface area (TPSA) is 87.7 Å². The molecule has 1 aromatic rings. The molecule has 1 unspecified atom stereocenters. The fraction of sp³-hybridized carbons (Fsp3) is 0.667. The van der Waals surface area contributed by atoms with Gasteiger partial charge in [-0.1, -0.05) is 75.8 Å². The van der Waals surface area contributed by atoms with Gasteiger partial charge >= 0.3 is 6.09 Å². The molecule has 7 nitrogen and oxygen atoms in total. The number of carbonyl (C=O) groups excluding carboxylic acids is 3. The molecule has 0 aromatic heterocycles. The van der Waals surface area contributed by atoms with E-state index in [2.05, 4.69) is 24.5 Å². The predicted molar refractivity (Wildman–Crippen MR) is 137 cm³/mol. The van der Waals surface area contributed by atoms with Crippen molar-refractivity contribution in [1.82, 2.24) is 15.5 Å². The van der Waals surface area contributed by atoms with Crippen LogP contribution in [0.25, 0.3) is 0 Å². The Hall–Kier alpha value is -2.57. The number of nitrogens with one attached hydrogen (secondary N) is 2. The Balaban J connectivity index is 3.12. The highest BCUT2D eigenvalue weighted by molar-refractivity contribution is 5.90. The van der Waals surface area contributed by atoms with E-state index in [-0.39, 0.29) is 18.4 Å². The second-order valence-corrected chi connectivity index (χ2v) is 9.82. The third kappa shape index (κ3) is 11.5. The molecule has 2 N–H and O–H groups in total. The van der Waals surface area contributed by atoms with E-state index in [1.165, 1.54) is 0 Å². The average Bonchev–Trinajstić information content (AvgIpc) is 2.75. The molecule has 0 radical (unpaired) electrons. The molecule has 1 rings (SSSR count). The standard InChI is InChI=1S/C27H45N3O4/c1-7-9-11-12-13-18-30(23(31)20-29-26(33)34-27(4,5)6)24(25(32)28-17-10-8-2)22-16-14-15-21(3)19-22/h14-16,19,24H,7-13,17-18,20H2,1-6H3,(H,28,32)(H,29,33). The van der Waals surface area contributed by atoms with Crippen molar-refractivity contribution in [2.24, 2.45) is 0 Å². The number of amides is 3. The highest BCUT2D eigenvalue weighted by Gasteiger charge is 2.31. The summed E-state index contributed by atoms with van der Waals surface area (Å²) in [6.45, 7) is 12.3. The molecule has 0 aliphatic rings. The molecule has 34 heavy (non-hydrogen) atoms. The summed E-state index contributed by atoms with van der Waals surface area (Å²) in [5.74, 6) is -0.503. The first-order chi connectivity index (χ1) is 16.1. The van der Waals surface area contributed by atoms with E-state index >= 15 is 0 Å². The van der Waals surface area contributed by atoms with E-state index in [0.717, 1.165) is 56.1 Å². The molecule has 0 fully saturated rings. The molecule has 7 heteroatoms. The van der Waals surface area contributed by atoms with Gasteiger partial charge in [-0.15, -0.1) is 0 Å². The first kappa shape index (κ1) is 29.5. The van der Waals surface area contributed by atoms with Crippen molar-refractivity contribution in [3.8, 4) is 0 Å². The number of unbranched alkanes of at least 4 members (excludes halogenated alkanes) is 5. The zero-order chi connectivity index (χ0) is 25.6. The van der Waals surface area contributed by atoms with E-state index in [1.54, 1.807) is 25.7 Å². The summed E-state index contributed by atoms with van der Waals surface area (Å²) in [5.41, 5.74) is 1.13. The van der Waals surface area contributed by atoms with Crippen molar-refractivity contribution in [3.05, 3.63) is 35.4 Å². The lowest BCUT2D eigenvalue weighted by molar-refractivity contribution is -0.140. The zero-order valence-corrected chi connectivity index (χ0v) is 22.0. The summed E-state index contributed by atoms with van der Waals surface area (Å²) in [5, 5.41) is 5.55. The number of aryl methyl sites for hydroxylation is 1. The van der Waals surface area contributed by atoms with Crippen LogP contribution in [0.4, 0.5) is 4.79 Å². The van der Waals surface area contributed by atoms with Gasteiger partial charge in [-0.3, -0.25) is 9.59 Å². The van der Waals surface area contributed by atoms with Crippen LogP contribution in [0.3, 0.4) is 0 Å². The smallest absolute Gasteiger partial charge is 0.408 e. The first-order valence-corrected chi connectivity index (χ1v) is 12.7. The van der Waals surface area contributed by atoms with Crippen LogP contribution < -0.4 is 10.6 Å². The van der Waals surface area contributed by atoms with E-state index in [9.17, 15) is 14.4 Å². The Morgan fingerprint density at radius 1 is 0.971 bits per heavy atom. The van der Waals surface area contributed by atoms with Gasteiger partial charge in [0.1, 0.15) is 18.2 Å². The molecule has 0 saturated heterocycles. The van der Waals surface area contributed by atoms with Gasteiger partial charge in [0.15, 0.2) is 0 Å². The van der Waals surface area contributed by atoms with Gasteiger partial charge < -0.3 is 20.3 Å². The summed E-state index contributed by atoms with van der Waals surface area (Å²) >= 11 is 0. The quantitative estimate of drug-likeness (QED) is 0.359. The molecule has 0 bridgehead atoms. The minimum atomic E-state index is -0.754. The van der Waals surface area contributed by atoms with Gasteiger partial charge in [0, 0.05) is 13.1 Å². The maximum absolute atomic E-state index is 13.3. The highest BCUT2D eigenvalue weighted by Crippen LogP contribution is 2.24. The summed E-state index contributed by atoms with van der Waals surface area (Å²) in [4.78, 5) is 40.4. The fourth-order valence-electron chi connectivity index (χ4n) is 3.65. The molecule has 0 heterocycles. The minimum absolute atomic E-state index is 0.196. The van der Waals surface area contributed by atoms with Crippen LogP contribution in [0.15, 0.2) is 24.3 Å². The molecule has 192 valence electrons. The maximum Gasteiger partial charge on any atom is 0.408 e. The number of alkyl carbamates (subject to hydrolysis) is 1. The van der Waals surface area contributed by atoms with E-state index in [0.29, 0.717) is 13.1 Å². The molecule has 3 amide bonds. The summed E-state index contributed by atoms with van der Waals surface area (Å²) in [6, 6.07) is 6.95. The van der Waals surface area contributed by atoms with Crippen LogP contribution in [0.5, 0.6) is 0 Å². The monoisotopic (exact) mass is 475 g/mol. The van der Waals surface area contributed by atoms with Crippen LogP contribution in [-0.4, -0.2) is 48.0 Å². The summed E-state index contributed by atoms with van der Waals surface area (Å²) in [6.07, 6.45) is 6.33. The number of carbonyl (C=O) groups is 3. The normalized spacial score (nSPS) is 12.1. The van der Waals surface area contributed by atoms with Gasteiger partial charge in [0.05, 0.1) is 0 Å². The zero-order valence-electron chi connectivity index (χ0n) is 22.0. The number of nitrogens with zero attached hydrogens (tertiary/aromatic N) is 1. The molecule has 1 atom stereocenters. The predicted octanol–water partition coefficient (Wildman–Crippen LogP) is 5.28. The summed E-state index contributed by atoms with van der Waals surface area (Å²) in [7, 11) is 0.